The van der Waals surface area contributed by atoms with Crippen LogP contribution in [0.25, 0.3) is 11.5 Å². The number of nitrogens with zero attached hydrogens (tertiary/aromatic N) is 3. The maximum Gasteiger partial charge on any atom is 0.306 e. The highest BCUT2D eigenvalue weighted by atomic mass is 32.1. The minimum Gasteiger partial charge on any atom is -0.464 e. The predicted molar refractivity (Wildman–Crippen MR) is 93.5 cm³/mol. The molecular formula is C17H16N4O4S. The molecule has 0 atom stereocenters. The first-order valence-electron chi connectivity index (χ1n) is 7.91. The number of rotatable bonds is 8. The van der Waals surface area contributed by atoms with Crippen LogP contribution in [-0.4, -0.2) is 40.2 Å². The third-order valence-electron chi connectivity index (χ3n) is 3.37. The van der Waals surface area contributed by atoms with Crippen molar-refractivity contribution in [2.24, 2.45) is 0 Å². The monoisotopic (exact) mass is 372 g/mol. The predicted octanol–water partition coefficient (Wildman–Crippen LogP) is 2.10. The summed E-state index contributed by atoms with van der Waals surface area (Å²) < 4.78 is 10.6. The molecule has 0 saturated heterocycles. The number of nitrogens with one attached hydrogen (secondary N) is 1. The van der Waals surface area contributed by atoms with E-state index in [1.807, 2.05) is 16.8 Å². The Morgan fingerprint density at radius 3 is 2.81 bits per heavy atom. The number of pyridine rings is 1. The maximum atomic E-state index is 11.8. The van der Waals surface area contributed by atoms with Crippen molar-refractivity contribution in [1.29, 1.82) is 0 Å². The molecular weight excluding hydrogens is 356 g/mol. The van der Waals surface area contributed by atoms with Crippen LogP contribution in [-0.2, 0) is 16.0 Å². The Morgan fingerprint density at radius 2 is 2.04 bits per heavy atom. The highest BCUT2D eigenvalue weighted by Gasteiger charge is 2.11. The fraction of sp³-hybridized carbons (Fsp3) is 0.235. The quantitative estimate of drug-likeness (QED) is 0.476. The second-order valence-corrected chi connectivity index (χ2v) is 6.01. The number of aryl methyl sites for hydroxylation is 1. The fourth-order valence-electron chi connectivity index (χ4n) is 2.07. The summed E-state index contributed by atoms with van der Waals surface area (Å²) in [6.07, 6.45) is 3.51. The van der Waals surface area contributed by atoms with Gasteiger partial charge in [0.05, 0.1) is 13.0 Å². The van der Waals surface area contributed by atoms with E-state index in [0.717, 1.165) is 5.56 Å². The highest BCUT2D eigenvalue weighted by molar-refractivity contribution is 7.08. The van der Waals surface area contributed by atoms with Crippen molar-refractivity contribution in [3.8, 4) is 11.5 Å². The van der Waals surface area contributed by atoms with E-state index < -0.39 is 5.97 Å². The number of carbonyl (C=O) groups excluding carboxylic acids is 2. The van der Waals surface area contributed by atoms with Crippen LogP contribution in [0.1, 0.15) is 22.7 Å². The SMILES string of the molecule is O=C(CCc1nnc(-c2ccsc2)o1)OCCNC(=O)c1ccncc1. The summed E-state index contributed by atoms with van der Waals surface area (Å²) in [4.78, 5) is 27.4. The number of hydrogen-bond donors (Lipinski definition) is 1. The lowest BCUT2D eigenvalue weighted by atomic mass is 10.2. The summed E-state index contributed by atoms with van der Waals surface area (Å²) >= 11 is 1.54. The van der Waals surface area contributed by atoms with E-state index in [-0.39, 0.29) is 25.5 Å². The first-order valence-corrected chi connectivity index (χ1v) is 8.85. The number of thiophene rings is 1. The third kappa shape index (κ3) is 4.96. The zero-order chi connectivity index (χ0) is 18.2. The second-order valence-electron chi connectivity index (χ2n) is 5.23. The van der Waals surface area contributed by atoms with Gasteiger partial charge in [-0.05, 0) is 23.6 Å². The lowest BCUT2D eigenvalue weighted by Crippen LogP contribution is -2.28. The normalized spacial score (nSPS) is 10.5. The van der Waals surface area contributed by atoms with Crippen LogP contribution in [0, 0.1) is 0 Å². The second kappa shape index (κ2) is 8.86. The van der Waals surface area contributed by atoms with Crippen molar-refractivity contribution in [2.75, 3.05) is 13.2 Å². The zero-order valence-electron chi connectivity index (χ0n) is 13.8. The van der Waals surface area contributed by atoms with Gasteiger partial charge in [0.1, 0.15) is 6.61 Å². The van der Waals surface area contributed by atoms with Crippen molar-refractivity contribution >= 4 is 23.2 Å². The molecule has 0 aliphatic carbocycles. The summed E-state index contributed by atoms with van der Waals surface area (Å²) in [5.74, 6) is 0.191. The van der Waals surface area contributed by atoms with Crippen LogP contribution in [0.4, 0.5) is 0 Å². The molecule has 9 heteroatoms. The summed E-state index contributed by atoms with van der Waals surface area (Å²) in [7, 11) is 0. The van der Waals surface area contributed by atoms with Crippen LogP contribution in [0.15, 0.2) is 45.8 Å². The molecule has 0 radical (unpaired) electrons. The first-order chi connectivity index (χ1) is 12.7. The molecule has 3 aromatic rings. The minimum absolute atomic E-state index is 0.0969. The molecule has 0 aliphatic heterocycles. The van der Waals surface area contributed by atoms with Gasteiger partial charge in [0.25, 0.3) is 5.91 Å². The van der Waals surface area contributed by atoms with Gasteiger partial charge in [0.2, 0.25) is 11.8 Å². The number of carbonyl (C=O) groups is 2. The van der Waals surface area contributed by atoms with Gasteiger partial charge in [-0.15, -0.1) is 10.2 Å². The lowest BCUT2D eigenvalue weighted by molar-refractivity contribution is -0.143. The van der Waals surface area contributed by atoms with Crippen LogP contribution in [0.5, 0.6) is 0 Å². The molecule has 0 fully saturated rings. The molecule has 3 heterocycles. The van der Waals surface area contributed by atoms with Gasteiger partial charge in [0.15, 0.2) is 0 Å². The Bertz CT molecular complexity index is 849. The largest absolute Gasteiger partial charge is 0.464 e. The zero-order valence-corrected chi connectivity index (χ0v) is 14.6. The summed E-state index contributed by atoms with van der Waals surface area (Å²) in [5, 5.41) is 14.4. The standard InChI is InChI=1S/C17H16N4O4S/c22-15(24-9-8-19-16(23)12-3-6-18-7-4-12)2-1-14-20-21-17(25-14)13-5-10-26-11-13/h3-7,10-11H,1-2,8-9H2,(H,19,23). The molecule has 0 aliphatic rings. The van der Waals surface area contributed by atoms with Gasteiger partial charge in [-0.2, -0.15) is 11.3 Å². The van der Waals surface area contributed by atoms with Crippen LogP contribution >= 0.6 is 11.3 Å². The molecule has 1 N–H and O–H groups in total. The van der Waals surface area contributed by atoms with Gasteiger partial charge in [-0.3, -0.25) is 14.6 Å². The van der Waals surface area contributed by atoms with E-state index in [1.165, 1.54) is 23.7 Å². The van der Waals surface area contributed by atoms with Gasteiger partial charge < -0.3 is 14.5 Å². The summed E-state index contributed by atoms with van der Waals surface area (Å²) in [6, 6.07) is 5.10. The van der Waals surface area contributed by atoms with E-state index in [1.54, 1.807) is 12.1 Å². The summed E-state index contributed by atoms with van der Waals surface area (Å²) in [5.41, 5.74) is 1.37. The Morgan fingerprint density at radius 1 is 1.19 bits per heavy atom. The van der Waals surface area contributed by atoms with Gasteiger partial charge in [-0.25, -0.2) is 0 Å². The number of aromatic nitrogens is 3. The van der Waals surface area contributed by atoms with Crippen molar-refractivity contribution in [2.45, 2.75) is 12.8 Å². The highest BCUT2D eigenvalue weighted by Crippen LogP contribution is 2.20. The molecule has 3 aromatic heterocycles. The number of ether oxygens (including phenoxy) is 1. The maximum absolute atomic E-state index is 11.8. The lowest BCUT2D eigenvalue weighted by Gasteiger charge is -2.06. The molecule has 134 valence electrons. The molecule has 8 nitrogen and oxygen atoms in total. The third-order valence-corrected chi connectivity index (χ3v) is 4.05. The first kappa shape index (κ1) is 17.7. The van der Waals surface area contributed by atoms with E-state index >= 15 is 0 Å². The van der Waals surface area contributed by atoms with Crippen molar-refractivity contribution in [3.05, 3.63) is 52.8 Å². The average Bonchev–Trinajstić information content (AvgIpc) is 3.35. The van der Waals surface area contributed by atoms with Crippen LogP contribution in [0.2, 0.25) is 0 Å². The minimum atomic E-state index is -0.390. The summed E-state index contributed by atoms with van der Waals surface area (Å²) in [6.45, 7) is 0.329. The Kier molecular flexibility index (Phi) is 6.05. The molecule has 0 spiro atoms. The van der Waals surface area contributed by atoms with Crippen molar-refractivity contribution < 1.29 is 18.7 Å². The van der Waals surface area contributed by atoms with Crippen molar-refractivity contribution in [3.63, 3.8) is 0 Å². The number of amides is 1. The molecule has 0 unspecified atom stereocenters. The van der Waals surface area contributed by atoms with Crippen LogP contribution < -0.4 is 5.32 Å². The average molecular weight is 372 g/mol. The molecule has 0 saturated carbocycles. The Labute approximate surface area is 153 Å². The van der Waals surface area contributed by atoms with E-state index in [0.29, 0.717) is 23.8 Å². The molecule has 1 amide bonds. The van der Waals surface area contributed by atoms with Gasteiger partial charge >= 0.3 is 5.97 Å². The van der Waals surface area contributed by atoms with E-state index in [4.69, 9.17) is 9.15 Å². The molecule has 0 bridgehead atoms. The Hall–Kier alpha value is -3.07. The van der Waals surface area contributed by atoms with Gasteiger partial charge in [0, 0.05) is 35.3 Å². The molecule has 3 rings (SSSR count). The number of esters is 1. The van der Waals surface area contributed by atoms with Crippen LogP contribution in [0.3, 0.4) is 0 Å². The fourth-order valence-corrected chi connectivity index (χ4v) is 2.70. The Balaban J connectivity index is 1.34. The van der Waals surface area contributed by atoms with E-state index in [9.17, 15) is 9.59 Å². The number of hydrogen-bond acceptors (Lipinski definition) is 8. The topological polar surface area (TPSA) is 107 Å². The van der Waals surface area contributed by atoms with Gasteiger partial charge in [-0.1, -0.05) is 0 Å². The van der Waals surface area contributed by atoms with Crippen molar-refractivity contribution in [1.82, 2.24) is 20.5 Å². The van der Waals surface area contributed by atoms with E-state index in [2.05, 4.69) is 20.5 Å². The molecule has 0 aromatic carbocycles. The smallest absolute Gasteiger partial charge is 0.306 e. The molecule has 26 heavy (non-hydrogen) atoms.